The largest absolute Gasteiger partial charge is 0.464 e. The number of fused-ring (bicyclic) bond motifs is 4. The third kappa shape index (κ3) is 3.34. The minimum atomic E-state index is -0.328. The van der Waals surface area contributed by atoms with E-state index in [1.54, 1.807) is 42.4 Å². The highest BCUT2D eigenvalue weighted by Gasteiger charge is 2.24. The molecule has 33 heavy (non-hydrogen) atoms. The molecular weight excluding hydrogens is 420 g/mol. The molecule has 0 bridgehead atoms. The molecule has 0 saturated heterocycles. The molecule has 2 amide bonds. The Labute approximate surface area is 188 Å². The Bertz CT molecular complexity index is 1550. The van der Waals surface area contributed by atoms with Gasteiger partial charge in [-0.05, 0) is 24.3 Å². The third-order valence-electron chi connectivity index (χ3n) is 5.89. The highest BCUT2D eigenvalue weighted by atomic mass is 16.3. The van der Waals surface area contributed by atoms with E-state index >= 15 is 0 Å². The summed E-state index contributed by atoms with van der Waals surface area (Å²) >= 11 is 0. The fourth-order valence-corrected chi connectivity index (χ4v) is 4.06. The average molecular weight is 442 g/mol. The Kier molecular flexibility index (Phi) is 4.74. The van der Waals surface area contributed by atoms with E-state index in [0.717, 1.165) is 27.2 Å². The summed E-state index contributed by atoms with van der Waals surface area (Å²) in [5.41, 5.74) is 9.42. The first-order chi connectivity index (χ1) is 15.8. The van der Waals surface area contributed by atoms with Crippen LogP contribution >= 0.6 is 0 Å². The molecular formula is C24H22N6O3. The molecule has 5 aromatic rings. The predicted molar refractivity (Wildman–Crippen MR) is 125 cm³/mol. The summed E-state index contributed by atoms with van der Waals surface area (Å²) in [6.45, 7) is 1.58. The zero-order chi connectivity index (χ0) is 23.3. The molecule has 2 N–H and O–H groups in total. The second-order valence-electron chi connectivity index (χ2n) is 7.92. The van der Waals surface area contributed by atoms with E-state index in [1.165, 1.54) is 16.9 Å². The van der Waals surface area contributed by atoms with Crippen LogP contribution in [0.15, 0.2) is 59.3 Å². The molecule has 0 aliphatic rings. The summed E-state index contributed by atoms with van der Waals surface area (Å²) in [5, 5.41) is 9.41. The summed E-state index contributed by atoms with van der Waals surface area (Å²) in [6.07, 6.45) is 3.27. The Balaban J connectivity index is 1.61. The number of carbonyl (C=O) groups is 2. The first kappa shape index (κ1) is 20.5. The van der Waals surface area contributed by atoms with E-state index < -0.39 is 0 Å². The van der Waals surface area contributed by atoms with Gasteiger partial charge in [0.15, 0.2) is 0 Å². The van der Waals surface area contributed by atoms with Gasteiger partial charge in [0.05, 0.1) is 35.4 Å². The number of carbonyl (C=O) groups excluding carboxylic acids is 2. The van der Waals surface area contributed by atoms with Crippen molar-refractivity contribution in [1.82, 2.24) is 24.8 Å². The van der Waals surface area contributed by atoms with Crippen LogP contribution < -0.4 is 5.73 Å². The Hall–Kier alpha value is -4.40. The molecule has 0 fully saturated rings. The molecule has 0 radical (unpaired) electrons. The summed E-state index contributed by atoms with van der Waals surface area (Å²) in [4.78, 5) is 30.4. The standard InChI is InChI=1S/C24H22N6O3/c1-14(31)29(3)30(13-17-6-4-5-15-9-10-33-22(15)17)24(32)16-7-8-20-18(11-16)21-19(23(25)27-20)12-26-28(21)2/h4-12H,13H2,1-3H3,(H2,25,27). The van der Waals surface area contributed by atoms with Gasteiger partial charge in [-0.25, -0.2) is 9.99 Å². The Morgan fingerprint density at radius 3 is 2.76 bits per heavy atom. The number of furan rings is 1. The van der Waals surface area contributed by atoms with Crippen molar-refractivity contribution in [2.45, 2.75) is 13.5 Å². The van der Waals surface area contributed by atoms with E-state index in [9.17, 15) is 9.59 Å². The van der Waals surface area contributed by atoms with E-state index in [1.807, 2.05) is 31.3 Å². The van der Waals surface area contributed by atoms with Gasteiger partial charge in [0.2, 0.25) is 5.91 Å². The smallest absolute Gasteiger partial charge is 0.272 e. The predicted octanol–water partition coefficient (Wildman–Crippen LogP) is 3.49. The number of nitrogens with two attached hydrogens (primary N) is 1. The van der Waals surface area contributed by atoms with Crippen LogP contribution in [0.4, 0.5) is 5.82 Å². The van der Waals surface area contributed by atoms with Crippen molar-refractivity contribution < 1.29 is 14.0 Å². The molecule has 9 heteroatoms. The van der Waals surface area contributed by atoms with Crippen LogP contribution in [0.3, 0.4) is 0 Å². The average Bonchev–Trinajstić information content (AvgIpc) is 3.44. The number of benzene rings is 2. The number of hydrogen-bond acceptors (Lipinski definition) is 6. The molecule has 9 nitrogen and oxygen atoms in total. The van der Waals surface area contributed by atoms with Gasteiger partial charge in [0, 0.05) is 42.9 Å². The van der Waals surface area contributed by atoms with E-state index in [2.05, 4.69) is 10.1 Å². The number of rotatable bonds is 3. The molecule has 0 saturated carbocycles. The number of aryl methyl sites for hydroxylation is 1. The maximum atomic E-state index is 13.7. The number of anilines is 1. The van der Waals surface area contributed by atoms with Crippen LogP contribution in [0.1, 0.15) is 22.8 Å². The van der Waals surface area contributed by atoms with Crippen molar-refractivity contribution in [3.05, 3.63) is 66.1 Å². The van der Waals surface area contributed by atoms with Crippen molar-refractivity contribution >= 4 is 50.4 Å². The normalized spacial score (nSPS) is 11.4. The summed E-state index contributed by atoms with van der Waals surface area (Å²) in [5.74, 6) is -0.210. The number of pyridine rings is 1. The highest BCUT2D eigenvalue weighted by molar-refractivity contribution is 6.10. The number of aromatic nitrogens is 3. The fraction of sp³-hybridized carbons (Fsp3) is 0.167. The molecule has 0 unspecified atom stereocenters. The molecule has 2 aromatic carbocycles. The van der Waals surface area contributed by atoms with Gasteiger partial charge in [-0.3, -0.25) is 19.3 Å². The first-order valence-electron chi connectivity index (χ1n) is 10.4. The molecule has 5 rings (SSSR count). The molecule has 3 aromatic heterocycles. The van der Waals surface area contributed by atoms with Gasteiger partial charge in [-0.1, -0.05) is 18.2 Å². The first-order valence-corrected chi connectivity index (χ1v) is 10.4. The van der Waals surface area contributed by atoms with Gasteiger partial charge in [-0.2, -0.15) is 5.10 Å². The summed E-state index contributed by atoms with van der Waals surface area (Å²) in [6, 6.07) is 12.8. The SMILES string of the molecule is CC(=O)N(C)N(Cc1cccc2ccoc12)C(=O)c1ccc2nc(N)c3cnn(C)c3c2c1. The Morgan fingerprint density at radius 1 is 1.15 bits per heavy atom. The molecule has 0 aliphatic carbocycles. The van der Waals surface area contributed by atoms with Crippen molar-refractivity contribution in [3.8, 4) is 0 Å². The lowest BCUT2D eigenvalue weighted by molar-refractivity contribution is -0.140. The number of amides is 2. The van der Waals surface area contributed by atoms with Crippen molar-refractivity contribution in [2.75, 3.05) is 12.8 Å². The van der Waals surface area contributed by atoms with Gasteiger partial charge in [0.25, 0.3) is 5.91 Å². The topological polar surface area (TPSA) is 110 Å². The lowest BCUT2D eigenvalue weighted by Crippen LogP contribution is -2.46. The second-order valence-corrected chi connectivity index (χ2v) is 7.92. The monoisotopic (exact) mass is 442 g/mol. The van der Waals surface area contributed by atoms with E-state index in [-0.39, 0.29) is 18.4 Å². The lowest BCUT2D eigenvalue weighted by Gasteiger charge is -2.31. The summed E-state index contributed by atoms with van der Waals surface area (Å²) < 4.78 is 7.34. The van der Waals surface area contributed by atoms with Crippen LogP contribution in [0.25, 0.3) is 32.8 Å². The minimum absolute atomic E-state index is 0.166. The van der Waals surface area contributed by atoms with Crippen molar-refractivity contribution in [3.63, 3.8) is 0 Å². The molecule has 0 aliphatic heterocycles. The van der Waals surface area contributed by atoms with Crippen LogP contribution in [-0.4, -0.2) is 43.6 Å². The van der Waals surface area contributed by atoms with Gasteiger partial charge in [-0.15, -0.1) is 0 Å². The van der Waals surface area contributed by atoms with Crippen LogP contribution in [0, 0.1) is 0 Å². The van der Waals surface area contributed by atoms with Crippen molar-refractivity contribution in [1.29, 1.82) is 0 Å². The minimum Gasteiger partial charge on any atom is -0.464 e. The second kappa shape index (κ2) is 7.63. The maximum Gasteiger partial charge on any atom is 0.272 e. The van der Waals surface area contributed by atoms with E-state index in [4.69, 9.17) is 10.2 Å². The van der Waals surface area contributed by atoms with Crippen LogP contribution in [0.5, 0.6) is 0 Å². The Morgan fingerprint density at radius 2 is 1.97 bits per heavy atom. The fourth-order valence-electron chi connectivity index (χ4n) is 4.06. The molecule has 3 heterocycles. The number of hydrazine groups is 1. The molecule has 166 valence electrons. The van der Waals surface area contributed by atoms with Gasteiger partial charge in [0.1, 0.15) is 11.4 Å². The van der Waals surface area contributed by atoms with Gasteiger partial charge < -0.3 is 10.2 Å². The lowest BCUT2D eigenvalue weighted by atomic mass is 10.1. The number of para-hydroxylation sites is 1. The van der Waals surface area contributed by atoms with E-state index in [0.29, 0.717) is 22.5 Å². The van der Waals surface area contributed by atoms with Gasteiger partial charge >= 0.3 is 0 Å². The van der Waals surface area contributed by atoms with Crippen LogP contribution in [-0.2, 0) is 18.4 Å². The quantitative estimate of drug-likeness (QED) is 0.428. The molecule has 0 spiro atoms. The number of nitrogens with zero attached hydrogens (tertiary/aromatic N) is 5. The summed E-state index contributed by atoms with van der Waals surface area (Å²) in [7, 11) is 3.39. The third-order valence-corrected chi connectivity index (χ3v) is 5.89. The van der Waals surface area contributed by atoms with Crippen molar-refractivity contribution in [2.24, 2.45) is 7.05 Å². The number of hydrogen-bond donors (Lipinski definition) is 1. The molecule has 0 atom stereocenters. The zero-order valence-electron chi connectivity index (χ0n) is 18.4. The zero-order valence-corrected chi connectivity index (χ0v) is 18.4. The highest BCUT2D eigenvalue weighted by Crippen LogP contribution is 2.29. The number of nitrogen functional groups attached to an aromatic ring is 1. The van der Waals surface area contributed by atoms with Crippen LogP contribution in [0.2, 0.25) is 0 Å². The maximum absolute atomic E-state index is 13.7.